The molecule has 1 N–H and O–H groups in total. The molecule has 1 aliphatic rings. The minimum atomic E-state index is -0.758. The predicted molar refractivity (Wildman–Crippen MR) is 120 cm³/mol. The van der Waals surface area contributed by atoms with Crippen LogP contribution in [0.2, 0.25) is 0 Å². The number of amides is 1. The van der Waals surface area contributed by atoms with E-state index in [2.05, 4.69) is 0 Å². The van der Waals surface area contributed by atoms with Crippen molar-refractivity contribution in [3.63, 3.8) is 0 Å². The topological polar surface area (TPSA) is 66.8 Å². The number of anilines is 1. The maximum absolute atomic E-state index is 13.2. The molecule has 5 nitrogen and oxygen atoms in total. The number of hydrogen-bond acceptors (Lipinski definition) is 4. The van der Waals surface area contributed by atoms with E-state index >= 15 is 0 Å². The van der Waals surface area contributed by atoms with Crippen molar-refractivity contribution in [2.45, 2.75) is 19.9 Å². The summed E-state index contributed by atoms with van der Waals surface area (Å²) in [6.45, 7) is 3.88. The van der Waals surface area contributed by atoms with Crippen LogP contribution in [-0.2, 0) is 9.59 Å². The lowest BCUT2D eigenvalue weighted by Crippen LogP contribution is -2.30. The van der Waals surface area contributed by atoms with Crippen LogP contribution in [0.1, 0.15) is 28.3 Å². The molecular weight excluding hydrogens is 390 g/mol. The van der Waals surface area contributed by atoms with Gasteiger partial charge in [0.15, 0.2) is 0 Å². The minimum Gasteiger partial charge on any atom is -0.507 e. The monoisotopic (exact) mass is 413 g/mol. The molecule has 1 fully saturated rings. The van der Waals surface area contributed by atoms with Crippen LogP contribution in [0.3, 0.4) is 0 Å². The third kappa shape index (κ3) is 3.48. The van der Waals surface area contributed by atoms with Crippen LogP contribution < -0.4 is 9.64 Å². The second-order valence-corrected chi connectivity index (χ2v) is 7.53. The van der Waals surface area contributed by atoms with Gasteiger partial charge in [0, 0.05) is 11.3 Å². The van der Waals surface area contributed by atoms with Crippen LogP contribution in [0, 0.1) is 13.8 Å². The standard InChI is InChI=1S/C26H23NO4/c1-16-8-7-11-21(17(16)2)27-23(18-12-14-20(31-3)15-13-18)22(25(29)26(27)30)24(28)19-9-5-4-6-10-19/h4-15,23,28H,1-3H3/b24-22+. The van der Waals surface area contributed by atoms with E-state index in [1.165, 1.54) is 4.90 Å². The third-order valence-electron chi connectivity index (χ3n) is 5.76. The summed E-state index contributed by atoms with van der Waals surface area (Å²) in [5, 5.41) is 11.1. The Morgan fingerprint density at radius 3 is 2.23 bits per heavy atom. The number of aliphatic hydroxyl groups is 1. The van der Waals surface area contributed by atoms with E-state index in [-0.39, 0.29) is 11.3 Å². The molecule has 1 aliphatic heterocycles. The van der Waals surface area contributed by atoms with Gasteiger partial charge in [-0.05, 0) is 48.7 Å². The first-order chi connectivity index (χ1) is 14.9. The van der Waals surface area contributed by atoms with Gasteiger partial charge >= 0.3 is 0 Å². The number of carbonyl (C=O) groups excluding carboxylic acids is 2. The molecular formula is C26H23NO4. The highest BCUT2D eigenvalue weighted by atomic mass is 16.5. The summed E-state index contributed by atoms with van der Waals surface area (Å²) in [5.74, 6) is -0.891. The Balaban J connectivity index is 1.97. The molecule has 1 atom stereocenters. The SMILES string of the molecule is COc1ccc(C2/C(=C(\O)c3ccccc3)C(=O)C(=O)N2c2cccc(C)c2C)cc1. The molecule has 0 radical (unpaired) electrons. The van der Waals surface area contributed by atoms with Crippen molar-refractivity contribution in [1.29, 1.82) is 0 Å². The van der Waals surface area contributed by atoms with Gasteiger partial charge in [0.25, 0.3) is 11.7 Å². The van der Waals surface area contributed by atoms with Crippen molar-refractivity contribution < 1.29 is 19.4 Å². The molecule has 3 aromatic rings. The number of ether oxygens (including phenoxy) is 1. The highest BCUT2D eigenvalue weighted by Crippen LogP contribution is 2.43. The van der Waals surface area contributed by atoms with E-state index in [0.717, 1.165) is 11.1 Å². The predicted octanol–water partition coefficient (Wildman–Crippen LogP) is 4.94. The van der Waals surface area contributed by atoms with Gasteiger partial charge in [-0.25, -0.2) is 0 Å². The Bertz CT molecular complexity index is 1180. The molecule has 4 rings (SSSR count). The molecule has 1 amide bonds. The number of aryl methyl sites for hydroxylation is 1. The number of hydrogen-bond donors (Lipinski definition) is 1. The molecule has 0 spiro atoms. The Kier molecular flexibility index (Phi) is 5.34. The maximum atomic E-state index is 13.2. The van der Waals surface area contributed by atoms with E-state index in [0.29, 0.717) is 22.6 Å². The van der Waals surface area contributed by atoms with E-state index in [4.69, 9.17) is 4.74 Å². The van der Waals surface area contributed by atoms with Gasteiger partial charge in [-0.15, -0.1) is 0 Å². The van der Waals surface area contributed by atoms with Crippen molar-refractivity contribution in [3.05, 3.63) is 101 Å². The first-order valence-corrected chi connectivity index (χ1v) is 10.0. The lowest BCUT2D eigenvalue weighted by atomic mass is 9.94. The number of aliphatic hydroxyl groups excluding tert-OH is 1. The van der Waals surface area contributed by atoms with Gasteiger partial charge in [0.2, 0.25) is 0 Å². The van der Waals surface area contributed by atoms with Crippen LogP contribution >= 0.6 is 0 Å². The van der Waals surface area contributed by atoms with E-state index in [1.807, 2.05) is 50.2 Å². The zero-order valence-electron chi connectivity index (χ0n) is 17.6. The Labute approximate surface area is 181 Å². The number of nitrogens with zero attached hydrogens (tertiary/aromatic N) is 1. The van der Waals surface area contributed by atoms with Crippen molar-refractivity contribution in [2.75, 3.05) is 12.0 Å². The maximum Gasteiger partial charge on any atom is 0.300 e. The van der Waals surface area contributed by atoms with Crippen molar-refractivity contribution >= 4 is 23.1 Å². The second kappa shape index (κ2) is 8.11. The van der Waals surface area contributed by atoms with Gasteiger partial charge in [0.1, 0.15) is 11.5 Å². The summed E-state index contributed by atoms with van der Waals surface area (Å²) in [6.07, 6.45) is 0. The minimum absolute atomic E-state index is 0.0715. The molecule has 1 saturated heterocycles. The Morgan fingerprint density at radius 1 is 0.903 bits per heavy atom. The van der Waals surface area contributed by atoms with Gasteiger partial charge < -0.3 is 9.84 Å². The lowest BCUT2D eigenvalue weighted by molar-refractivity contribution is -0.132. The Hall–Kier alpha value is -3.86. The Morgan fingerprint density at radius 2 is 1.58 bits per heavy atom. The number of ketones is 1. The molecule has 1 unspecified atom stereocenters. The van der Waals surface area contributed by atoms with E-state index in [1.54, 1.807) is 43.5 Å². The summed E-state index contributed by atoms with van der Waals surface area (Å²) < 4.78 is 5.26. The number of Topliss-reactive ketones (excluding diaryl/α,β-unsaturated/α-hetero) is 1. The summed E-state index contributed by atoms with van der Waals surface area (Å²) in [7, 11) is 1.58. The van der Waals surface area contributed by atoms with Crippen molar-refractivity contribution in [3.8, 4) is 5.75 Å². The summed E-state index contributed by atoms with van der Waals surface area (Å²) in [6, 6.07) is 20.9. The van der Waals surface area contributed by atoms with Gasteiger partial charge in [-0.2, -0.15) is 0 Å². The van der Waals surface area contributed by atoms with Crippen LogP contribution in [0.4, 0.5) is 5.69 Å². The smallest absolute Gasteiger partial charge is 0.300 e. The summed E-state index contributed by atoms with van der Waals surface area (Å²) in [4.78, 5) is 27.9. The van der Waals surface area contributed by atoms with Crippen LogP contribution in [0.5, 0.6) is 5.75 Å². The zero-order valence-corrected chi connectivity index (χ0v) is 17.6. The average molecular weight is 413 g/mol. The largest absolute Gasteiger partial charge is 0.507 e. The molecule has 0 saturated carbocycles. The average Bonchev–Trinajstić information content (AvgIpc) is 3.06. The fourth-order valence-corrected chi connectivity index (χ4v) is 3.93. The quantitative estimate of drug-likeness (QED) is 0.374. The molecule has 0 bridgehead atoms. The van der Waals surface area contributed by atoms with Crippen molar-refractivity contribution in [2.24, 2.45) is 0 Å². The third-order valence-corrected chi connectivity index (χ3v) is 5.76. The number of methoxy groups -OCH3 is 1. The van der Waals surface area contributed by atoms with Gasteiger partial charge in [-0.1, -0.05) is 54.6 Å². The molecule has 156 valence electrons. The molecule has 0 aliphatic carbocycles. The molecule has 0 aromatic heterocycles. The fourth-order valence-electron chi connectivity index (χ4n) is 3.93. The molecule has 3 aromatic carbocycles. The lowest BCUT2D eigenvalue weighted by Gasteiger charge is -2.27. The second-order valence-electron chi connectivity index (χ2n) is 7.53. The molecule has 1 heterocycles. The zero-order chi connectivity index (χ0) is 22.1. The fraction of sp³-hybridized carbons (Fsp3) is 0.154. The van der Waals surface area contributed by atoms with Crippen molar-refractivity contribution in [1.82, 2.24) is 0 Å². The first kappa shape index (κ1) is 20.4. The number of benzene rings is 3. The molecule has 31 heavy (non-hydrogen) atoms. The van der Waals surface area contributed by atoms with E-state index in [9.17, 15) is 14.7 Å². The molecule has 5 heteroatoms. The van der Waals surface area contributed by atoms with Gasteiger partial charge in [-0.3, -0.25) is 14.5 Å². The van der Waals surface area contributed by atoms with E-state index < -0.39 is 17.7 Å². The summed E-state index contributed by atoms with van der Waals surface area (Å²) >= 11 is 0. The normalized spacial score (nSPS) is 17.8. The first-order valence-electron chi connectivity index (χ1n) is 10.0. The highest BCUT2D eigenvalue weighted by Gasteiger charge is 2.47. The van der Waals surface area contributed by atoms with Crippen LogP contribution in [0.15, 0.2) is 78.4 Å². The highest BCUT2D eigenvalue weighted by molar-refractivity contribution is 6.51. The van der Waals surface area contributed by atoms with Crippen LogP contribution in [0.25, 0.3) is 5.76 Å². The summed E-state index contributed by atoms with van der Waals surface area (Å²) in [5.41, 5.74) is 3.83. The van der Waals surface area contributed by atoms with Crippen LogP contribution in [-0.4, -0.2) is 23.9 Å². The number of rotatable bonds is 4. The number of carbonyl (C=O) groups is 2. The van der Waals surface area contributed by atoms with Gasteiger partial charge in [0.05, 0.1) is 18.7 Å².